The van der Waals surface area contributed by atoms with E-state index in [1.165, 1.54) is 0 Å². The minimum absolute atomic E-state index is 0.250. The average Bonchev–Trinajstić information content (AvgIpc) is 2.96. The molecule has 2 atom stereocenters. The second-order valence-corrected chi connectivity index (χ2v) is 6.08. The Morgan fingerprint density at radius 1 is 1.21 bits per heavy atom. The van der Waals surface area contributed by atoms with Gasteiger partial charge in [0.05, 0.1) is 18.6 Å². The van der Waals surface area contributed by atoms with Crippen LogP contribution in [0.3, 0.4) is 0 Å². The molecule has 2 aromatic rings. The molecule has 1 aromatic carbocycles. The van der Waals surface area contributed by atoms with Crippen molar-refractivity contribution in [3.05, 3.63) is 54.4 Å². The van der Waals surface area contributed by atoms with Crippen molar-refractivity contribution in [2.75, 3.05) is 6.54 Å². The van der Waals surface area contributed by atoms with Crippen LogP contribution < -0.4 is 10.6 Å². The van der Waals surface area contributed by atoms with E-state index in [2.05, 4.69) is 15.6 Å². The van der Waals surface area contributed by atoms with Gasteiger partial charge in [-0.15, -0.1) is 0 Å². The highest BCUT2D eigenvalue weighted by Crippen LogP contribution is 2.26. The molecule has 1 amide bonds. The van der Waals surface area contributed by atoms with E-state index in [0.29, 0.717) is 0 Å². The molecule has 6 heteroatoms. The highest BCUT2D eigenvalue weighted by molar-refractivity contribution is 5.82. The number of aromatic nitrogens is 1. The normalized spacial score (nSPS) is 20.5. The van der Waals surface area contributed by atoms with E-state index in [1.807, 2.05) is 43.3 Å². The van der Waals surface area contributed by atoms with Crippen molar-refractivity contribution in [3.63, 3.8) is 0 Å². The van der Waals surface area contributed by atoms with Gasteiger partial charge in [-0.05, 0) is 35.7 Å². The molecule has 1 aliphatic rings. The van der Waals surface area contributed by atoms with Gasteiger partial charge in [-0.2, -0.15) is 0 Å². The van der Waals surface area contributed by atoms with Crippen LogP contribution in [0, 0.1) is 0 Å². The highest BCUT2D eigenvalue weighted by Gasteiger charge is 2.42. The summed E-state index contributed by atoms with van der Waals surface area (Å²) in [5, 5.41) is 5.36. The van der Waals surface area contributed by atoms with Crippen LogP contribution in [-0.2, 0) is 4.79 Å². The van der Waals surface area contributed by atoms with Gasteiger partial charge < -0.3 is 5.32 Å². The summed E-state index contributed by atoms with van der Waals surface area (Å²) in [5.41, 5.74) is 3.04. The number of amides is 1. The van der Waals surface area contributed by atoms with Gasteiger partial charge in [0.1, 0.15) is 0 Å². The number of pyridine rings is 1. The zero-order valence-electron chi connectivity index (χ0n) is 13.3. The molecule has 1 saturated heterocycles. The fraction of sp³-hybridized carbons (Fsp3) is 0.333. The van der Waals surface area contributed by atoms with Crippen LogP contribution in [0.25, 0.3) is 11.1 Å². The number of rotatable bonds is 4. The number of carbonyl (C=O) groups is 1. The van der Waals surface area contributed by atoms with Crippen molar-refractivity contribution in [2.45, 2.75) is 31.4 Å². The van der Waals surface area contributed by atoms with Gasteiger partial charge in [-0.1, -0.05) is 24.3 Å². The first kappa shape index (κ1) is 16.5. The summed E-state index contributed by atoms with van der Waals surface area (Å²) in [7, 11) is 0. The van der Waals surface area contributed by atoms with E-state index in [1.54, 1.807) is 12.4 Å². The van der Waals surface area contributed by atoms with Crippen LogP contribution >= 0.6 is 0 Å². The van der Waals surface area contributed by atoms with Crippen LogP contribution in [0.4, 0.5) is 8.78 Å². The molecule has 126 valence electrons. The predicted octanol–water partition coefficient (Wildman–Crippen LogP) is 2.92. The second-order valence-electron chi connectivity index (χ2n) is 6.08. The first-order chi connectivity index (χ1) is 11.4. The maximum absolute atomic E-state index is 13.2. The van der Waals surface area contributed by atoms with Gasteiger partial charge in [-0.25, -0.2) is 8.78 Å². The van der Waals surface area contributed by atoms with Gasteiger partial charge >= 0.3 is 0 Å². The molecule has 2 heterocycles. The van der Waals surface area contributed by atoms with Crippen molar-refractivity contribution in [1.82, 2.24) is 15.6 Å². The van der Waals surface area contributed by atoms with Gasteiger partial charge in [0.15, 0.2) is 0 Å². The number of alkyl halides is 2. The van der Waals surface area contributed by atoms with E-state index >= 15 is 0 Å². The van der Waals surface area contributed by atoms with Gasteiger partial charge in [-0.3, -0.25) is 15.1 Å². The van der Waals surface area contributed by atoms with E-state index in [4.69, 9.17) is 0 Å². The van der Waals surface area contributed by atoms with Crippen molar-refractivity contribution in [3.8, 4) is 11.1 Å². The Labute approximate surface area is 139 Å². The summed E-state index contributed by atoms with van der Waals surface area (Å²) in [4.78, 5) is 16.1. The molecule has 1 fully saturated rings. The number of hydrogen-bond donors (Lipinski definition) is 2. The lowest BCUT2D eigenvalue weighted by atomic mass is 10.0. The number of nitrogens with zero attached hydrogens (tertiary/aromatic N) is 1. The summed E-state index contributed by atoms with van der Waals surface area (Å²) < 4.78 is 26.3. The molecule has 0 aliphatic carbocycles. The fourth-order valence-electron chi connectivity index (χ4n) is 2.81. The minimum atomic E-state index is -2.81. The van der Waals surface area contributed by atoms with Gasteiger partial charge in [0.25, 0.3) is 5.92 Å². The molecule has 1 aliphatic heterocycles. The molecule has 0 spiro atoms. The second kappa shape index (κ2) is 6.65. The Bertz CT molecular complexity index is 704. The Balaban J connectivity index is 1.63. The summed E-state index contributed by atoms with van der Waals surface area (Å²) in [6.45, 7) is 1.40. The Hall–Kier alpha value is -2.34. The molecule has 0 radical (unpaired) electrons. The number of hydrogen-bond acceptors (Lipinski definition) is 3. The maximum atomic E-state index is 13.2. The number of halogens is 2. The Morgan fingerprint density at radius 2 is 1.83 bits per heavy atom. The van der Waals surface area contributed by atoms with Gasteiger partial charge in [0.2, 0.25) is 5.91 Å². The van der Waals surface area contributed by atoms with Crippen LogP contribution in [0.5, 0.6) is 0 Å². The third kappa shape index (κ3) is 3.76. The molecule has 3 rings (SSSR count). The van der Waals surface area contributed by atoms with Crippen molar-refractivity contribution in [2.24, 2.45) is 0 Å². The zero-order valence-corrected chi connectivity index (χ0v) is 13.3. The van der Waals surface area contributed by atoms with Crippen LogP contribution in [0.1, 0.15) is 24.9 Å². The molecule has 2 unspecified atom stereocenters. The molecule has 24 heavy (non-hydrogen) atoms. The Kier molecular flexibility index (Phi) is 4.57. The van der Waals surface area contributed by atoms with E-state index in [9.17, 15) is 13.6 Å². The highest BCUT2D eigenvalue weighted by atomic mass is 19.3. The lowest BCUT2D eigenvalue weighted by molar-refractivity contribution is -0.124. The minimum Gasteiger partial charge on any atom is -0.348 e. The Morgan fingerprint density at radius 3 is 2.42 bits per heavy atom. The molecule has 4 nitrogen and oxygen atoms in total. The van der Waals surface area contributed by atoms with E-state index in [-0.39, 0.29) is 6.04 Å². The van der Waals surface area contributed by atoms with Gasteiger partial charge in [0, 0.05) is 18.8 Å². The van der Waals surface area contributed by atoms with Crippen molar-refractivity contribution in [1.29, 1.82) is 0 Å². The first-order valence-electron chi connectivity index (χ1n) is 7.86. The fourth-order valence-corrected chi connectivity index (χ4v) is 2.81. The standard InChI is InChI=1S/C18H19F2N3O/c1-12(23-17(24)16-10-18(19,20)11-22-16)13-2-4-14(5-3-13)15-6-8-21-9-7-15/h2-9,12,16,22H,10-11H2,1H3,(H,23,24). The quantitative estimate of drug-likeness (QED) is 0.906. The lowest BCUT2D eigenvalue weighted by Gasteiger charge is -2.18. The summed E-state index contributed by atoms with van der Waals surface area (Å²) in [5.74, 6) is -3.20. The summed E-state index contributed by atoms with van der Waals surface area (Å²) in [6, 6.07) is 10.6. The SMILES string of the molecule is CC(NC(=O)C1CC(F)(F)CN1)c1ccc(-c2ccncc2)cc1. The molecule has 0 saturated carbocycles. The van der Waals surface area contributed by atoms with Crippen molar-refractivity contribution >= 4 is 5.91 Å². The number of carbonyl (C=O) groups excluding carboxylic acids is 1. The van der Waals surface area contributed by atoms with Crippen LogP contribution in [0.2, 0.25) is 0 Å². The molecular formula is C18H19F2N3O. The zero-order chi connectivity index (χ0) is 17.2. The smallest absolute Gasteiger partial charge is 0.262 e. The third-order valence-electron chi connectivity index (χ3n) is 4.21. The van der Waals surface area contributed by atoms with Crippen LogP contribution in [-0.4, -0.2) is 29.4 Å². The van der Waals surface area contributed by atoms with E-state index < -0.39 is 30.8 Å². The monoisotopic (exact) mass is 331 g/mol. The largest absolute Gasteiger partial charge is 0.348 e. The molecular weight excluding hydrogens is 312 g/mol. The summed E-state index contributed by atoms with van der Waals surface area (Å²) in [6.07, 6.45) is 3.01. The number of nitrogens with one attached hydrogen (secondary N) is 2. The lowest BCUT2D eigenvalue weighted by Crippen LogP contribution is -2.41. The van der Waals surface area contributed by atoms with Crippen molar-refractivity contribution < 1.29 is 13.6 Å². The third-order valence-corrected chi connectivity index (χ3v) is 4.21. The number of benzene rings is 1. The predicted molar refractivity (Wildman–Crippen MR) is 87.6 cm³/mol. The first-order valence-corrected chi connectivity index (χ1v) is 7.86. The summed E-state index contributed by atoms with van der Waals surface area (Å²) >= 11 is 0. The maximum Gasteiger partial charge on any atom is 0.262 e. The molecule has 1 aromatic heterocycles. The van der Waals surface area contributed by atoms with Crippen LogP contribution in [0.15, 0.2) is 48.8 Å². The topological polar surface area (TPSA) is 54.0 Å². The average molecular weight is 331 g/mol. The molecule has 2 N–H and O–H groups in total. The molecule has 0 bridgehead atoms. The van der Waals surface area contributed by atoms with E-state index in [0.717, 1.165) is 16.7 Å².